The highest BCUT2D eigenvalue weighted by molar-refractivity contribution is 6.93. The van der Waals surface area contributed by atoms with Crippen molar-refractivity contribution >= 4 is 33.9 Å². The maximum absolute atomic E-state index is 13.6. The third-order valence-corrected chi connectivity index (χ3v) is 15.0. The molecule has 0 rings (SSSR count). The molecule has 110 valence electrons. The minimum atomic E-state index is -5.81. The SMILES string of the molecule is C[Si](C)(C)N(N([Si](C)(C)C)[Si](F)(F)F)[Si](C)(C)C. The van der Waals surface area contributed by atoms with Crippen LogP contribution in [0, 0.1) is 0 Å². The Kier molecular flexibility index (Phi) is 5.33. The largest absolute Gasteiger partial charge is 0.725 e. The van der Waals surface area contributed by atoms with E-state index in [0.717, 1.165) is 4.34 Å². The molecule has 0 aromatic carbocycles. The van der Waals surface area contributed by atoms with Crippen LogP contribution in [0.2, 0.25) is 58.9 Å². The lowest BCUT2D eigenvalue weighted by molar-refractivity contribution is 0.241. The molecule has 0 aromatic rings. The van der Waals surface area contributed by atoms with Crippen LogP contribution < -0.4 is 0 Å². The molecule has 0 aliphatic heterocycles. The molecule has 0 heterocycles. The summed E-state index contributed by atoms with van der Waals surface area (Å²) >= 11 is 0. The summed E-state index contributed by atoms with van der Waals surface area (Å²) in [6, 6.07) is 0. The van der Waals surface area contributed by atoms with E-state index < -0.39 is 33.9 Å². The van der Waals surface area contributed by atoms with Gasteiger partial charge in [0.2, 0.25) is 0 Å². The first-order valence-corrected chi connectivity index (χ1v) is 18.1. The van der Waals surface area contributed by atoms with Crippen molar-refractivity contribution in [1.29, 1.82) is 0 Å². The van der Waals surface area contributed by atoms with E-state index in [9.17, 15) is 12.3 Å². The quantitative estimate of drug-likeness (QED) is 0.419. The summed E-state index contributed by atoms with van der Waals surface area (Å²) in [5.41, 5.74) is 0. The van der Waals surface area contributed by atoms with Crippen LogP contribution in [0.1, 0.15) is 0 Å². The number of nitrogens with zero attached hydrogens (tertiary/aromatic N) is 2. The Balaban J connectivity index is 5.84. The van der Waals surface area contributed by atoms with Gasteiger partial charge in [-0.2, -0.15) is 0 Å². The summed E-state index contributed by atoms with van der Waals surface area (Å²) in [4.78, 5) is 0. The summed E-state index contributed by atoms with van der Waals surface area (Å²) < 4.78 is 43.6. The van der Waals surface area contributed by atoms with E-state index in [1.165, 1.54) is 0 Å². The lowest BCUT2D eigenvalue weighted by Gasteiger charge is -2.54. The van der Waals surface area contributed by atoms with Crippen molar-refractivity contribution in [1.82, 2.24) is 8.68 Å². The summed E-state index contributed by atoms with van der Waals surface area (Å²) in [6.07, 6.45) is 0. The third kappa shape index (κ3) is 4.93. The first-order chi connectivity index (χ1) is 7.49. The van der Waals surface area contributed by atoms with Crippen LogP contribution in [0.15, 0.2) is 0 Å². The molecule has 0 unspecified atom stereocenters. The van der Waals surface area contributed by atoms with Gasteiger partial charge in [0.05, 0.1) is 0 Å². The molecule has 0 N–H and O–H groups in total. The van der Waals surface area contributed by atoms with Gasteiger partial charge in [0.1, 0.15) is 24.7 Å². The van der Waals surface area contributed by atoms with E-state index in [0.29, 0.717) is 0 Å². The Morgan fingerprint density at radius 3 is 0.778 bits per heavy atom. The summed E-state index contributed by atoms with van der Waals surface area (Å²) in [7, 11) is -12.3. The fourth-order valence-electron chi connectivity index (χ4n) is 2.40. The molecule has 2 nitrogen and oxygen atoms in total. The van der Waals surface area contributed by atoms with Crippen molar-refractivity contribution in [3.63, 3.8) is 0 Å². The Labute approximate surface area is 114 Å². The molecule has 0 bridgehead atoms. The Bertz CT molecular complexity index is 230. The van der Waals surface area contributed by atoms with Gasteiger partial charge in [-0.25, -0.2) is 16.7 Å². The van der Waals surface area contributed by atoms with Gasteiger partial charge in [-0.05, 0) is 0 Å². The Morgan fingerprint density at radius 2 is 0.722 bits per heavy atom. The molecular formula is C9H27F3N2Si4. The van der Waals surface area contributed by atoms with Gasteiger partial charge in [-0.1, -0.05) is 58.9 Å². The van der Waals surface area contributed by atoms with Gasteiger partial charge in [-0.15, -0.1) is 0 Å². The molecule has 0 spiro atoms. The summed E-state index contributed by atoms with van der Waals surface area (Å²) in [6.45, 7) is 17.5. The smallest absolute Gasteiger partial charge is 0.290 e. The van der Waals surface area contributed by atoms with Gasteiger partial charge in [0.25, 0.3) is 0 Å². The molecule has 0 radical (unpaired) electrons. The first-order valence-electron chi connectivity index (χ1n) is 6.16. The van der Waals surface area contributed by atoms with Crippen LogP contribution in [0.5, 0.6) is 0 Å². The summed E-state index contributed by atoms with van der Waals surface area (Å²) in [5, 5.41) is 0. The van der Waals surface area contributed by atoms with Crippen LogP contribution in [0.25, 0.3) is 0 Å². The van der Waals surface area contributed by atoms with Crippen molar-refractivity contribution in [2.75, 3.05) is 0 Å². The van der Waals surface area contributed by atoms with Crippen molar-refractivity contribution < 1.29 is 12.3 Å². The highest BCUT2D eigenvalue weighted by Crippen LogP contribution is 2.33. The maximum Gasteiger partial charge on any atom is 0.725 e. The van der Waals surface area contributed by atoms with Crippen molar-refractivity contribution in [3.05, 3.63) is 0 Å². The van der Waals surface area contributed by atoms with Gasteiger partial charge >= 0.3 is 9.24 Å². The minimum Gasteiger partial charge on any atom is -0.290 e. The Hall–Kier alpha value is 0.578. The number of hydrogen-bond donors (Lipinski definition) is 0. The highest BCUT2D eigenvalue weighted by atomic mass is 28.5. The molecule has 0 aromatic heterocycles. The lowest BCUT2D eigenvalue weighted by atomic mass is 11.8. The van der Waals surface area contributed by atoms with E-state index >= 15 is 0 Å². The second-order valence-electron chi connectivity index (χ2n) is 7.60. The van der Waals surface area contributed by atoms with E-state index in [-0.39, 0.29) is 0 Å². The average molecular weight is 333 g/mol. The van der Waals surface area contributed by atoms with Crippen LogP contribution in [0.3, 0.4) is 0 Å². The third-order valence-electron chi connectivity index (χ3n) is 2.35. The van der Waals surface area contributed by atoms with Crippen molar-refractivity contribution in [2.45, 2.75) is 58.9 Å². The molecule has 0 amide bonds. The molecular weight excluding hydrogens is 305 g/mol. The van der Waals surface area contributed by atoms with E-state index in [4.69, 9.17) is 0 Å². The van der Waals surface area contributed by atoms with Gasteiger partial charge in [0.15, 0.2) is 0 Å². The molecule has 9 heteroatoms. The predicted octanol–water partition coefficient (Wildman–Crippen LogP) is 4.35. The van der Waals surface area contributed by atoms with Crippen molar-refractivity contribution in [2.24, 2.45) is 0 Å². The predicted molar refractivity (Wildman–Crippen MR) is 82.8 cm³/mol. The summed E-state index contributed by atoms with van der Waals surface area (Å²) in [5.74, 6) is 0. The van der Waals surface area contributed by atoms with Crippen molar-refractivity contribution in [3.8, 4) is 0 Å². The monoisotopic (exact) mass is 332 g/mol. The van der Waals surface area contributed by atoms with E-state index in [2.05, 4.69) is 0 Å². The zero-order valence-corrected chi connectivity index (χ0v) is 17.0. The molecule has 0 saturated carbocycles. The second kappa shape index (κ2) is 5.17. The molecule has 0 aliphatic rings. The zero-order chi connectivity index (χ0) is 15.2. The van der Waals surface area contributed by atoms with E-state index in [1.807, 2.05) is 43.6 Å². The number of hydrazine groups is 1. The minimum absolute atomic E-state index is 0.943. The topological polar surface area (TPSA) is 6.48 Å². The lowest BCUT2D eigenvalue weighted by Crippen LogP contribution is -2.76. The zero-order valence-electron chi connectivity index (χ0n) is 13.0. The average Bonchev–Trinajstić information content (AvgIpc) is 1.89. The maximum atomic E-state index is 13.6. The second-order valence-corrected chi connectivity index (χ2v) is 24.2. The number of rotatable bonds is 5. The number of hydrogen-bond acceptors (Lipinski definition) is 2. The fraction of sp³-hybridized carbons (Fsp3) is 1.00. The number of halogens is 3. The van der Waals surface area contributed by atoms with Crippen LogP contribution >= 0.6 is 0 Å². The molecule has 0 fully saturated rings. The van der Waals surface area contributed by atoms with Gasteiger partial charge in [0, 0.05) is 0 Å². The fourth-order valence-corrected chi connectivity index (χ4v) is 21.6. The van der Waals surface area contributed by atoms with Gasteiger partial charge in [-0.3, -0.25) is 4.34 Å². The van der Waals surface area contributed by atoms with Crippen LogP contribution in [0.4, 0.5) is 12.3 Å². The standard InChI is InChI=1S/C9H27F3N2Si4/c1-15(2,3)13(16(4,5)6)14(17(7,8)9)18(10,11)12/h1-9H3. The van der Waals surface area contributed by atoms with Gasteiger partial charge < -0.3 is 0 Å². The van der Waals surface area contributed by atoms with Crippen LogP contribution in [-0.2, 0) is 0 Å². The highest BCUT2D eigenvalue weighted by Gasteiger charge is 2.59. The normalized spacial score (nSPS) is 15.7. The molecule has 18 heavy (non-hydrogen) atoms. The Morgan fingerprint density at radius 1 is 0.500 bits per heavy atom. The van der Waals surface area contributed by atoms with E-state index in [1.54, 1.807) is 19.6 Å². The first kappa shape index (κ1) is 18.6. The molecule has 0 aliphatic carbocycles. The van der Waals surface area contributed by atoms with Crippen LogP contribution in [-0.4, -0.2) is 42.6 Å². The molecule has 0 atom stereocenters. The molecule has 0 saturated heterocycles.